The highest BCUT2D eigenvalue weighted by Gasteiger charge is 2.15. The SMILES string of the molecule is CC(C(=O)Nc1cccc(NC(=O)c2cnc3ccccc3n2)c1)n1cccn1. The number of anilines is 2. The summed E-state index contributed by atoms with van der Waals surface area (Å²) in [6.45, 7) is 1.76. The number of benzene rings is 2. The molecule has 4 aromatic rings. The number of nitrogens with zero attached hydrogens (tertiary/aromatic N) is 4. The minimum absolute atomic E-state index is 0.211. The Balaban J connectivity index is 1.46. The molecule has 2 aromatic heterocycles. The molecular weight excluding hydrogens is 368 g/mol. The third-order valence-corrected chi connectivity index (χ3v) is 4.37. The van der Waals surface area contributed by atoms with Crippen LogP contribution in [0.15, 0.2) is 73.2 Å². The van der Waals surface area contributed by atoms with Gasteiger partial charge in [-0.15, -0.1) is 0 Å². The molecule has 8 nitrogen and oxygen atoms in total. The normalized spacial score (nSPS) is 11.8. The van der Waals surface area contributed by atoms with E-state index in [9.17, 15) is 9.59 Å². The van der Waals surface area contributed by atoms with Crippen molar-refractivity contribution in [1.82, 2.24) is 19.7 Å². The molecule has 0 spiro atoms. The first kappa shape index (κ1) is 18.3. The van der Waals surface area contributed by atoms with Crippen LogP contribution < -0.4 is 10.6 Å². The number of aromatic nitrogens is 4. The molecule has 1 atom stereocenters. The van der Waals surface area contributed by atoms with Crippen LogP contribution in [0.3, 0.4) is 0 Å². The van der Waals surface area contributed by atoms with Crippen LogP contribution >= 0.6 is 0 Å². The van der Waals surface area contributed by atoms with Crippen LogP contribution in [0, 0.1) is 0 Å². The van der Waals surface area contributed by atoms with E-state index in [0.717, 1.165) is 5.52 Å². The van der Waals surface area contributed by atoms with Crippen LogP contribution in [0.1, 0.15) is 23.5 Å². The van der Waals surface area contributed by atoms with E-state index < -0.39 is 6.04 Å². The largest absolute Gasteiger partial charge is 0.324 e. The summed E-state index contributed by atoms with van der Waals surface area (Å²) in [6, 6.07) is 15.6. The van der Waals surface area contributed by atoms with E-state index >= 15 is 0 Å². The smallest absolute Gasteiger partial charge is 0.275 e. The van der Waals surface area contributed by atoms with Crippen molar-refractivity contribution in [2.45, 2.75) is 13.0 Å². The molecule has 0 radical (unpaired) electrons. The van der Waals surface area contributed by atoms with Crippen LogP contribution in [-0.4, -0.2) is 31.6 Å². The Hall–Kier alpha value is -4.07. The molecule has 0 fully saturated rings. The predicted octanol–water partition coefficient (Wildman–Crippen LogP) is 3.28. The predicted molar refractivity (Wildman–Crippen MR) is 110 cm³/mol. The average Bonchev–Trinajstić information content (AvgIpc) is 3.28. The van der Waals surface area contributed by atoms with Gasteiger partial charge in [-0.25, -0.2) is 4.98 Å². The van der Waals surface area contributed by atoms with E-state index in [-0.39, 0.29) is 17.5 Å². The Bertz CT molecular complexity index is 1170. The highest BCUT2D eigenvalue weighted by atomic mass is 16.2. The van der Waals surface area contributed by atoms with E-state index in [0.29, 0.717) is 16.9 Å². The fraction of sp³-hybridized carbons (Fsp3) is 0.0952. The van der Waals surface area contributed by atoms with Gasteiger partial charge in [-0.2, -0.15) is 5.10 Å². The van der Waals surface area contributed by atoms with Crippen molar-refractivity contribution in [2.75, 3.05) is 10.6 Å². The molecule has 0 bridgehead atoms. The number of amides is 2. The van der Waals surface area contributed by atoms with Gasteiger partial charge >= 0.3 is 0 Å². The van der Waals surface area contributed by atoms with Crippen LogP contribution in [0.4, 0.5) is 11.4 Å². The molecule has 4 rings (SSSR count). The summed E-state index contributed by atoms with van der Waals surface area (Å²) < 4.78 is 1.57. The molecule has 0 saturated heterocycles. The highest BCUT2D eigenvalue weighted by molar-refractivity contribution is 6.04. The van der Waals surface area contributed by atoms with Gasteiger partial charge in [-0.3, -0.25) is 19.3 Å². The molecule has 0 aliphatic rings. The van der Waals surface area contributed by atoms with Crippen LogP contribution in [0.5, 0.6) is 0 Å². The Morgan fingerprint density at radius 1 is 0.966 bits per heavy atom. The third-order valence-electron chi connectivity index (χ3n) is 4.37. The second-order valence-corrected chi connectivity index (χ2v) is 6.43. The lowest BCUT2D eigenvalue weighted by Crippen LogP contribution is -2.24. The summed E-state index contributed by atoms with van der Waals surface area (Å²) in [5.41, 5.74) is 2.69. The number of fused-ring (bicyclic) bond motifs is 1. The van der Waals surface area contributed by atoms with Gasteiger partial charge in [0.25, 0.3) is 5.91 Å². The van der Waals surface area contributed by atoms with Gasteiger partial charge < -0.3 is 10.6 Å². The van der Waals surface area contributed by atoms with Crippen LogP contribution in [0.25, 0.3) is 11.0 Å². The first-order valence-electron chi connectivity index (χ1n) is 9.03. The summed E-state index contributed by atoms with van der Waals surface area (Å²) >= 11 is 0. The number of carbonyl (C=O) groups is 2. The Kier molecular flexibility index (Phi) is 4.98. The minimum atomic E-state index is -0.462. The maximum Gasteiger partial charge on any atom is 0.275 e. The van der Waals surface area contributed by atoms with Crippen molar-refractivity contribution in [3.63, 3.8) is 0 Å². The molecule has 0 aliphatic carbocycles. The lowest BCUT2D eigenvalue weighted by atomic mass is 10.2. The molecule has 1 unspecified atom stereocenters. The maximum atomic E-state index is 12.5. The Labute approximate surface area is 166 Å². The molecule has 2 N–H and O–H groups in total. The van der Waals surface area contributed by atoms with Crippen molar-refractivity contribution in [1.29, 1.82) is 0 Å². The van der Waals surface area contributed by atoms with Crippen molar-refractivity contribution >= 4 is 34.2 Å². The molecule has 2 heterocycles. The van der Waals surface area contributed by atoms with Gasteiger partial charge in [-0.1, -0.05) is 18.2 Å². The van der Waals surface area contributed by atoms with E-state index in [1.807, 2.05) is 18.2 Å². The summed E-state index contributed by atoms with van der Waals surface area (Å²) in [7, 11) is 0. The molecular formula is C21H18N6O2. The van der Waals surface area contributed by atoms with Crippen molar-refractivity contribution in [3.8, 4) is 0 Å². The second-order valence-electron chi connectivity index (χ2n) is 6.43. The molecule has 0 saturated carbocycles. The van der Waals surface area contributed by atoms with Crippen molar-refractivity contribution < 1.29 is 9.59 Å². The van der Waals surface area contributed by atoms with Gasteiger partial charge in [0.2, 0.25) is 5.91 Å². The summed E-state index contributed by atoms with van der Waals surface area (Å²) in [4.78, 5) is 33.6. The van der Waals surface area contributed by atoms with E-state index in [4.69, 9.17) is 0 Å². The number of carbonyl (C=O) groups excluding carboxylic acids is 2. The quantitative estimate of drug-likeness (QED) is 0.548. The summed E-state index contributed by atoms with van der Waals surface area (Å²) in [6.07, 6.45) is 4.79. The topological polar surface area (TPSA) is 102 Å². The minimum Gasteiger partial charge on any atom is -0.324 e. The summed E-state index contributed by atoms with van der Waals surface area (Å²) in [5, 5.41) is 9.69. The van der Waals surface area contributed by atoms with E-state index in [1.165, 1.54) is 6.20 Å². The number of nitrogens with one attached hydrogen (secondary N) is 2. The van der Waals surface area contributed by atoms with Crippen LogP contribution in [-0.2, 0) is 4.79 Å². The van der Waals surface area contributed by atoms with Crippen LogP contribution in [0.2, 0.25) is 0 Å². The monoisotopic (exact) mass is 386 g/mol. The third kappa shape index (κ3) is 4.11. The molecule has 29 heavy (non-hydrogen) atoms. The fourth-order valence-corrected chi connectivity index (χ4v) is 2.81. The van der Waals surface area contributed by atoms with Gasteiger partial charge in [0.15, 0.2) is 0 Å². The average molecular weight is 386 g/mol. The molecule has 0 aliphatic heterocycles. The zero-order valence-electron chi connectivity index (χ0n) is 15.6. The zero-order valence-corrected chi connectivity index (χ0v) is 15.6. The maximum absolute atomic E-state index is 12.5. The molecule has 8 heteroatoms. The van der Waals surface area contributed by atoms with Crippen molar-refractivity contribution in [2.24, 2.45) is 0 Å². The van der Waals surface area contributed by atoms with Gasteiger partial charge in [0.1, 0.15) is 11.7 Å². The second kappa shape index (κ2) is 7.89. The van der Waals surface area contributed by atoms with Gasteiger partial charge in [0.05, 0.1) is 17.2 Å². The standard InChI is InChI=1S/C21H18N6O2/c1-14(27-11-5-10-23-27)20(28)24-15-6-4-7-16(12-15)25-21(29)19-13-22-17-8-2-3-9-18(17)26-19/h2-14H,1H3,(H,24,28)(H,25,29). The highest BCUT2D eigenvalue weighted by Crippen LogP contribution is 2.18. The molecule has 144 valence electrons. The fourth-order valence-electron chi connectivity index (χ4n) is 2.81. The first-order valence-corrected chi connectivity index (χ1v) is 9.03. The number of hydrogen-bond donors (Lipinski definition) is 2. The van der Waals surface area contributed by atoms with Gasteiger partial charge in [-0.05, 0) is 43.3 Å². The number of rotatable bonds is 5. The lowest BCUT2D eigenvalue weighted by Gasteiger charge is -2.13. The molecule has 2 aromatic carbocycles. The lowest BCUT2D eigenvalue weighted by molar-refractivity contribution is -0.119. The number of para-hydroxylation sites is 2. The first-order chi connectivity index (χ1) is 14.1. The summed E-state index contributed by atoms with van der Waals surface area (Å²) in [5.74, 6) is -0.589. The zero-order chi connectivity index (χ0) is 20.2. The Morgan fingerprint density at radius 3 is 2.48 bits per heavy atom. The van der Waals surface area contributed by atoms with E-state index in [1.54, 1.807) is 60.4 Å². The van der Waals surface area contributed by atoms with E-state index in [2.05, 4.69) is 25.7 Å². The van der Waals surface area contributed by atoms with Gasteiger partial charge in [0, 0.05) is 23.8 Å². The molecule has 2 amide bonds. The Morgan fingerprint density at radius 2 is 1.72 bits per heavy atom. The van der Waals surface area contributed by atoms with Crippen molar-refractivity contribution in [3.05, 3.63) is 78.9 Å². The number of hydrogen-bond acceptors (Lipinski definition) is 5.